The van der Waals surface area contributed by atoms with Gasteiger partial charge in [0.25, 0.3) is 5.91 Å². The highest BCUT2D eigenvalue weighted by molar-refractivity contribution is 7.80. The zero-order valence-corrected chi connectivity index (χ0v) is 15.1. The van der Waals surface area contributed by atoms with Crippen molar-refractivity contribution in [2.45, 2.75) is 45.3 Å². The summed E-state index contributed by atoms with van der Waals surface area (Å²) < 4.78 is 6.01. The van der Waals surface area contributed by atoms with Crippen molar-refractivity contribution in [3.05, 3.63) is 24.3 Å². The van der Waals surface area contributed by atoms with Gasteiger partial charge in [-0.15, -0.1) is 0 Å². The number of likely N-dealkylation sites (tertiary alicyclic amines) is 1. The maximum absolute atomic E-state index is 12.9. The summed E-state index contributed by atoms with van der Waals surface area (Å²) in [4.78, 5) is 16.8. The summed E-state index contributed by atoms with van der Waals surface area (Å²) in [6.07, 6.45) is 2.84. The molecule has 0 spiro atoms. The van der Waals surface area contributed by atoms with E-state index in [1.54, 1.807) is 0 Å². The SMILES string of the molecule is CC(C)NC(=S)N1C[C@@H](C(=O)N2CCCCC2)Oc2ccccc21. The molecule has 1 N–H and O–H groups in total. The molecule has 2 heterocycles. The van der Waals surface area contributed by atoms with Crippen molar-refractivity contribution in [3.8, 4) is 5.75 Å². The van der Waals surface area contributed by atoms with E-state index in [4.69, 9.17) is 17.0 Å². The first-order valence-corrected chi connectivity index (χ1v) is 9.09. The van der Waals surface area contributed by atoms with E-state index < -0.39 is 6.10 Å². The van der Waals surface area contributed by atoms with Crippen molar-refractivity contribution in [3.63, 3.8) is 0 Å². The molecule has 3 rings (SSSR count). The van der Waals surface area contributed by atoms with Crippen LogP contribution in [0.5, 0.6) is 5.75 Å². The molecule has 1 saturated heterocycles. The number of benzene rings is 1. The van der Waals surface area contributed by atoms with Gasteiger partial charge in [0.05, 0.1) is 12.2 Å². The minimum Gasteiger partial charge on any atom is -0.476 e. The van der Waals surface area contributed by atoms with Crippen molar-refractivity contribution in [2.24, 2.45) is 0 Å². The summed E-state index contributed by atoms with van der Waals surface area (Å²) in [5.74, 6) is 0.786. The number of amides is 1. The number of thiocarbonyl (C=S) groups is 1. The fourth-order valence-corrected chi connectivity index (χ4v) is 3.61. The topological polar surface area (TPSA) is 44.8 Å². The molecule has 0 radical (unpaired) electrons. The Morgan fingerprint density at radius 1 is 1.25 bits per heavy atom. The van der Waals surface area contributed by atoms with Crippen molar-refractivity contribution in [1.82, 2.24) is 10.2 Å². The molecule has 24 heavy (non-hydrogen) atoms. The number of anilines is 1. The standard InChI is InChI=1S/C18H25N3O2S/c1-13(2)19-18(24)21-12-16(17(22)20-10-6-3-7-11-20)23-15-9-5-4-8-14(15)21/h4-5,8-9,13,16H,3,6-7,10-12H2,1-2H3,(H,19,24)/t16-/m0/s1. The molecule has 130 valence electrons. The summed E-state index contributed by atoms with van der Waals surface area (Å²) in [7, 11) is 0. The second-order valence-electron chi connectivity index (χ2n) is 6.67. The number of nitrogens with one attached hydrogen (secondary N) is 1. The Balaban J connectivity index is 1.81. The van der Waals surface area contributed by atoms with Crippen LogP contribution in [0.15, 0.2) is 24.3 Å². The normalized spacial score (nSPS) is 20.4. The molecule has 2 aliphatic rings. The zero-order chi connectivity index (χ0) is 17.1. The van der Waals surface area contributed by atoms with Crippen molar-refractivity contribution < 1.29 is 9.53 Å². The first kappa shape index (κ1) is 17.0. The van der Waals surface area contributed by atoms with E-state index in [-0.39, 0.29) is 11.9 Å². The molecule has 0 bridgehead atoms. The second-order valence-corrected chi connectivity index (χ2v) is 7.06. The quantitative estimate of drug-likeness (QED) is 0.833. The molecule has 0 saturated carbocycles. The Morgan fingerprint density at radius 3 is 2.67 bits per heavy atom. The van der Waals surface area contributed by atoms with Crippen LogP contribution in [-0.2, 0) is 4.79 Å². The van der Waals surface area contributed by atoms with E-state index in [9.17, 15) is 4.79 Å². The van der Waals surface area contributed by atoms with Crippen LogP contribution in [0.4, 0.5) is 5.69 Å². The van der Waals surface area contributed by atoms with Gasteiger partial charge < -0.3 is 19.9 Å². The molecule has 1 fully saturated rings. The number of carbonyl (C=O) groups excluding carboxylic acids is 1. The first-order valence-electron chi connectivity index (χ1n) is 8.69. The average molecular weight is 347 g/mol. The minimum atomic E-state index is -0.509. The van der Waals surface area contributed by atoms with Crippen LogP contribution in [0.2, 0.25) is 0 Å². The van der Waals surface area contributed by atoms with Crippen molar-refractivity contribution >= 4 is 28.9 Å². The molecule has 6 heteroatoms. The highest BCUT2D eigenvalue weighted by Crippen LogP contribution is 2.33. The van der Waals surface area contributed by atoms with Gasteiger partial charge in [0.15, 0.2) is 11.2 Å². The van der Waals surface area contributed by atoms with Gasteiger partial charge in [-0.25, -0.2) is 0 Å². The van der Waals surface area contributed by atoms with Gasteiger partial charge in [0, 0.05) is 19.1 Å². The van der Waals surface area contributed by atoms with Gasteiger partial charge in [0.2, 0.25) is 0 Å². The summed E-state index contributed by atoms with van der Waals surface area (Å²) >= 11 is 5.56. The molecule has 1 amide bonds. The summed E-state index contributed by atoms with van der Waals surface area (Å²) in [5.41, 5.74) is 0.915. The first-order chi connectivity index (χ1) is 11.6. The number of para-hydroxylation sites is 2. The Labute approximate surface area is 149 Å². The van der Waals surface area contributed by atoms with Gasteiger partial charge >= 0.3 is 0 Å². The molecule has 1 atom stereocenters. The van der Waals surface area contributed by atoms with E-state index in [1.165, 1.54) is 6.42 Å². The largest absolute Gasteiger partial charge is 0.476 e. The zero-order valence-electron chi connectivity index (χ0n) is 14.3. The Hall–Kier alpha value is -1.82. The third-order valence-electron chi connectivity index (χ3n) is 4.37. The van der Waals surface area contributed by atoms with E-state index in [0.29, 0.717) is 17.4 Å². The molecule has 1 aromatic carbocycles. The molecule has 0 aromatic heterocycles. The Morgan fingerprint density at radius 2 is 1.96 bits per heavy atom. The van der Waals surface area contributed by atoms with Crippen LogP contribution in [0.1, 0.15) is 33.1 Å². The summed E-state index contributed by atoms with van der Waals surface area (Å²) in [5, 5.41) is 3.91. The summed E-state index contributed by atoms with van der Waals surface area (Å²) in [6, 6.07) is 7.99. The predicted molar refractivity (Wildman–Crippen MR) is 99.5 cm³/mol. The number of fused-ring (bicyclic) bond motifs is 1. The molecule has 0 aliphatic carbocycles. The van der Waals surface area contributed by atoms with E-state index in [2.05, 4.69) is 19.2 Å². The van der Waals surface area contributed by atoms with E-state index in [0.717, 1.165) is 31.6 Å². The average Bonchev–Trinajstić information content (AvgIpc) is 2.60. The molecule has 2 aliphatic heterocycles. The third-order valence-corrected chi connectivity index (χ3v) is 4.71. The molecular weight excluding hydrogens is 322 g/mol. The Kier molecular flexibility index (Phi) is 5.23. The van der Waals surface area contributed by atoms with Crippen LogP contribution in [0.3, 0.4) is 0 Å². The Bertz CT molecular complexity index is 614. The van der Waals surface area contributed by atoms with E-state index >= 15 is 0 Å². The highest BCUT2D eigenvalue weighted by Gasteiger charge is 2.35. The monoisotopic (exact) mass is 347 g/mol. The number of carbonyl (C=O) groups is 1. The van der Waals surface area contributed by atoms with Crippen molar-refractivity contribution in [1.29, 1.82) is 0 Å². The van der Waals surface area contributed by atoms with Crippen LogP contribution in [0, 0.1) is 0 Å². The van der Waals surface area contributed by atoms with Crippen molar-refractivity contribution in [2.75, 3.05) is 24.5 Å². The summed E-state index contributed by atoms with van der Waals surface area (Å²) in [6.45, 7) is 6.21. The lowest BCUT2D eigenvalue weighted by Crippen LogP contribution is -2.55. The number of nitrogens with zero attached hydrogens (tertiary/aromatic N) is 2. The number of hydrogen-bond acceptors (Lipinski definition) is 3. The molecule has 1 aromatic rings. The highest BCUT2D eigenvalue weighted by atomic mass is 32.1. The smallest absolute Gasteiger partial charge is 0.265 e. The maximum Gasteiger partial charge on any atom is 0.265 e. The molecule has 5 nitrogen and oxygen atoms in total. The molecular formula is C18H25N3O2S. The maximum atomic E-state index is 12.9. The van der Waals surface area contributed by atoms with Gasteiger partial charge in [-0.3, -0.25) is 4.79 Å². The van der Waals surface area contributed by atoms with Crippen LogP contribution in [0.25, 0.3) is 0 Å². The predicted octanol–water partition coefficient (Wildman–Crippen LogP) is 2.55. The third kappa shape index (κ3) is 3.64. The van der Waals surface area contributed by atoms with Crippen LogP contribution in [-0.4, -0.2) is 47.7 Å². The number of piperidine rings is 1. The van der Waals surface area contributed by atoms with Gasteiger partial charge in [-0.2, -0.15) is 0 Å². The van der Waals surface area contributed by atoms with Gasteiger partial charge in [0.1, 0.15) is 5.75 Å². The van der Waals surface area contributed by atoms with Gasteiger partial charge in [-0.05, 0) is 57.5 Å². The second kappa shape index (κ2) is 7.38. The minimum absolute atomic E-state index is 0.0709. The number of rotatable bonds is 2. The fourth-order valence-electron chi connectivity index (χ4n) is 3.20. The lowest BCUT2D eigenvalue weighted by molar-refractivity contribution is -0.139. The number of ether oxygens (including phenoxy) is 1. The lowest BCUT2D eigenvalue weighted by atomic mass is 10.1. The van der Waals surface area contributed by atoms with Crippen LogP contribution >= 0.6 is 12.2 Å². The molecule has 0 unspecified atom stereocenters. The van der Waals surface area contributed by atoms with Crippen LogP contribution < -0.4 is 15.0 Å². The lowest BCUT2D eigenvalue weighted by Gasteiger charge is -2.38. The number of hydrogen-bond donors (Lipinski definition) is 1. The fraction of sp³-hybridized carbons (Fsp3) is 0.556. The van der Waals surface area contributed by atoms with Gasteiger partial charge in [-0.1, -0.05) is 12.1 Å². The van der Waals surface area contributed by atoms with E-state index in [1.807, 2.05) is 34.1 Å².